The van der Waals surface area contributed by atoms with E-state index in [1.54, 1.807) is 27.7 Å². The standard InChI is InChI=1S/C22H24N4O3/c1-5-14-6-8-15(9-7-14)17-12-18(26-22(25-17)23-13-24-26)16-10-19(27-2)21(29-4)20(11-16)28-3/h6-13,18H,5H2,1-4H3,(H,23,24,25)/t18-/m0/s1. The lowest BCUT2D eigenvalue weighted by atomic mass is 10.00. The maximum Gasteiger partial charge on any atom is 0.226 e. The summed E-state index contributed by atoms with van der Waals surface area (Å²) in [5, 5.41) is 7.78. The van der Waals surface area contributed by atoms with Crippen LogP contribution in [-0.2, 0) is 6.42 Å². The largest absolute Gasteiger partial charge is 0.493 e. The van der Waals surface area contributed by atoms with Crippen molar-refractivity contribution in [3.8, 4) is 17.2 Å². The van der Waals surface area contributed by atoms with Gasteiger partial charge in [0.2, 0.25) is 11.7 Å². The molecule has 7 heteroatoms. The first kappa shape index (κ1) is 18.9. The Balaban J connectivity index is 1.82. The topological polar surface area (TPSA) is 70.4 Å². The number of nitrogens with one attached hydrogen (secondary N) is 1. The molecule has 0 bridgehead atoms. The molecular formula is C22H24N4O3. The Morgan fingerprint density at radius 1 is 1.00 bits per heavy atom. The van der Waals surface area contributed by atoms with Gasteiger partial charge in [-0.15, -0.1) is 0 Å². The second-order valence-corrected chi connectivity index (χ2v) is 6.69. The van der Waals surface area contributed by atoms with Gasteiger partial charge in [-0.05, 0) is 41.3 Å². The van der Waals surface area contributed by atoms with Gasteiger partial charge in [0.05, 0.1) is 21.3 Å². The third-order valence-corrected chi connectivity index (χ3v) is 5.11. The molecule has 0 fully saturated rings. The number of ether oxygens (including phenoxy) is 3. The smallest absolute Gasteiger partial charge is 0.226 e. The van der Waals surface area contributed by atoms with E-state index in [0.717, 1.165) is 23.2 Å². The number of hydrogen-bond donors (Lipinski definition) is 1. The van der Waals surface area contributed by atoms with E-state index in [1.807, 2.05) is 16.8 Å². The number of methoxy groups -OCH3 is 3. The zero-order valence-electron chi connectivity index (χ0n) is 17.0. The van der Waals surface area contributed by atoms with E-state index in [9.17, 15) is 0 Å². The van der Waals surface area contributed by atoms with E-state index in [0.29, 0.717) is 23.2 Å². The van der Waals surface area contributed by atoms with Gasteiger partial charge >= 0.3 is 0 Å². The molecule has 0 saturated carbocycles. The monoisotopic (exact) mass is 392 g/mol. The highest BCUT2D eigenvalue weighted by Crippen LogP contribution is 2.42. The van der Waals surface area contributed by atoms with Crippen LogP contribution in [0, 0.1) is 0 Å². The second kappa shape index (κ2) is 7.87. The van der Waals surface area contributed by atoms with Crippen LogP contribution >= 0.6 is 0 Å². The number of nitrogens with zero attached hydrogens (tertiary/aromatic N) is 3. The fourth-order valence-electron chi connectivity index (χ4n) is 3.53. The molecule has 1 aliphatic rings. The van der Waals surface area contributed by atoms with Crippen molar-refractivity contribution in [2.45, 2.75) is 19.4 Å². The Hall–Kier alpha value is -3.48. The summed E-state index contributed by atoms with van der Waals surface area (Å²) < 4.78 is 18.4. The van der Waals surface area contributed by atoms with Crippen molar-refractivity contribution in [3.05, 3.63) is 65.5 Å². The number of anilines is 1. The van der Waals surface area contributed by atoms with Crippen LogP contribution in [0.25, 0.3) is 5.70 Å². The van der Waals surface area contributed by atoms with Crippen LogP contribution in [0.5, 0.6) is 17.2 Å². The first-order chi connectivity index (χ1) is 14.2. The number of allylic oxidation sites excluding steroid dienone is 1. The summed E-state index contributed by atoms with van der Waals surface area (Å²) in [4.78, 5) is 4.37. The third kappa shape index (κ3) is 3.40. The summed E-state index contributed by atoms with van der Waals surface area (Å²) in [6, 6.07) is 12.2. The van der Waals surface area contributed by atoms with E-state index in [4.69, 9.17) is 14.2 Å². The average Bonchev–Trinajstić information content (AvgIpc) is 3.26. The molecule has 1 aliphatic heterocycles. The average molecular weight is 392 g/mol. The first-order valence-electron chi connectivity index (χ1n) is 9.46. The zero-order chi connectivity index (χ0) is 20.4. The number of fused-ring (bicyclic) bond motifs is 1. The van der Waals surface area contributed by atoms with Crippen molar-refractivity contribution in [2.75, 3.05) is 26.6 Å². The molecule has 0 unspecified atom stereocenters. The second-order valence-electron chi connectivity index (χ2n) is 6.69. The number of rotatable bonds is 6. The van der Waals surface area contributed by atoms with Gasteiger partial charge in [-0.1, -0.05) is 31.2 Å². The SMILES string of the molecule is CCc1ccc(C2=C[C@@H](c3cc(OC)c(OC)c(OC)c3)n3ncnc3N2)cc1. The van der Waals surface area contributed by atoms with Gasteiger partial charge in [0.1, 0.15) is 12.4 Å². The molecule has 4 rings (SSSR count). The Bertz CT molecular complexity index is 1020. The van der Waals surface area contributed by atoms with E-state index in [1.165, 1.54) is 5.56 Å². The molecule has 0 amide bonds. The van der Waals surface area contributed by atoms with Gasteiger partial charge in [-0.3, -0.25) is 0 Å². The van der Waals surface area contributed by atoms with Crippen LogP contribution in [-0.4, -0.2) is 36.1 Å². The van der Waals surface area contributed by atoms with Crippen LogP contribution in [0.15, 0.2) is 48.8 Å². The van der Waals surface area contributed by atoms with Gasteiger partial charge in [0.15, 0.2) is 11.5 Å². The van der Waals surface area contributed by atoms with Crippen LogP contribution in [0.1, 0.15) is 29.7 Å². The Morgan fingerprint density at radius 2 is 1.69 bits per heavy atom. The number of hydrogen-bond acceptors (Lipinski definition) is 6. The van der Waals surface area contributed by atoms with Crippen molar-refractivity contribution in [1.29, 1.82) is 0 Å². The molecule has 2 aromatic carbocycles. The van der Waals surface area contributed by atoms with Crippen LogP contribution in [0.2, 0.25) is 0 Å². The highest BCUT2D eigenvalue weighted by Gasteiger charge is 2.26. The minimum atomic E-state index is -0.177. The number of aryl methyl sites for hydroxylation is 1. The minimum Gasteiger partial charge on any atom is -0.493 e. The maximum absolute atomic E-state index is 5.53. The predicted molar refractivity (Wildman–Crippen MR) is 112 cm³/mol. The fourth-order valence-corrected chi connectivity index (χ4v) is 3.53. The molecule has 1 aromatic heterocycles. The fraction of sp³-hybridized carbons (Fsp3) is 0.273. The number of aromatic nitrogens is 3. The first-order valence-corrected chi connectivity index (χ1v) is 9.46. The minimum absolute atomic E-state index is 0.177. The van der Waals surface area contributed by atoms with Crippen molar-refractivity contribution in [1.82, 2.24) is 14.8 Å². The summed E-state index contributed by atoms with van der Waals surface area (Å²) in [6.45, 7) is 2.15. The lowest BCUT2D eigenvalue weighted by Gasteiger charge is -2.25. The Kier molecular flexibility index (Phi) is 5.12. The lowest BCUT2D eigenvalue weighted by molar-refractivity contribution is 0.323. The van der Waals surface area contributed by atoms with Crippen LogP contribution in [0.3, 0.4) is 0 Å². The predicted octanol–water partition coefficient (Wildman–Crippen LogP) is 3.92. The molecule has 29 heavy (non-hydrogen) atoms. The summed E-state index contributed by atoms with van der Waals surface area (Å²) in [5.74, 6) is 2.44. The van der Waals surface area contributed by atoms with Gasteiger partial charge < -0.3 is 19.5 Å². The number of benzene rings is 2. The molecule has 0 saturated heterocycles. The zero-order valence-corrected chi connectivity index (χ0v) is 17.0. The molecule has 0 spiro atoms. The van der Waals surface area contributed by atoms with Gasteiger partial charge in [0, 0.05) is 5.70 Å². The van der Waals surface area contributed by atoms with Crippen LogP contribution in [0.4, 0.5) is 5.95 Å². The molecule has 0 radical (unpaired) electrons. The molecular weight excluding hydrogens is 368 g/mol. The molecule has 7 nitrogen and oxygen atoms in total. The van der Waals surface area contributed by atoms with E-state index < -0.39 is 0 Å². The molecule has 1 N–H and O–H groups in total. The molecule has 1 atom stereocenters. The quantitative estimate of drug-likeness (QED) is 0.686. The summed E-state index contributed by atoms with van der Waals surface area (Å²) >= 11 is 0. The molecule has 0 aliphatic carbocycles. The maximum atomic E-state index is 5.53. The third-order valence-electron chi connectivity index (χ3n) is 5.11. The summed E-state index contributed by atoms with van der Waals surface area (Å²) in [6.07, 6.45) is 4.68. The van der Waals surface area contributed by atoms with Crippen molar-refractivity contribution < 1.29 is 14.2 Å². The van der Waals surface area contributed by atoms with Crippen LogP contribution < -0.4 is 19.5 Å². The van der Waals surface area contributed by atoms with Crippen molar-refractivity contribution in [3.63, 3.8) is 0 Å². The van der Waals surface area contributed by atoms with Gasteiger partial charge in [0.25, 0.3) is 0 Å². The van der Waals surface area contributed by atoms with Crippen molar-refractivity contribution >= 4 is 11.6 Å². The lowest BCUT2D eigenvalue weighted by Crippen LogP contribution is -2.20. The summed E-state index contributed by atoms with van der Waals surface area (Å²) in [5.41, 5.74) is 4.32. The van der Waals surface area contributed by atoms with E-state index in [-0.39, 0.29) is 6.04 Å². The molecule has 150 valence electrons. The van der Waals surface area contributed by atoms with E-state index in [2.05, 4.69) is 52.7 Å². The summed E-state index contributed by atoms with van der Waals surface area (Å²) in [7, 11) is 4.82. The van der Waals surface area contributed by atoms with Crippen molar-refractivity contribution in [2.24, 2.45) is 0 Å². The van der Waals surface area contributed by atoms with E-state index >= 15 is 0 Å². The highest BCUT2D eigenvalue weighted by atomic mass is 16.5. The molecule has 3 aromatic rings. The highest BCUT2D eigenvalue weighted by molar-refractivity contribution is 5.77. The van der Waals surface area contributed by atoms with Gasteiger partial charge in [-0.2, -0.15) is 10.1 Å². The normalized spacial score (nSPS) is 15.2. The van der Waals surface area contributed by atoms with Gasteiger partial charge in [-0.25, -0.2) is 4.68 Å². The Morgan fingerprint density at radius 3 is 2.28 bits per heavy atom. The Labute approximate surface area is 169 Å². The molecule has 2 heterocycles.